The zero-order chi connectivity index (χ0) is 23.5. The molecule has 7 nitrogen and oxygen atoms in total. The Morgan fingerprint density at radius 3 is 2.30 bits per heavy atom. The van der Waals surface area contributed by atoms with E-state index in [0.29, 0.717) is 12.2 Å². The molecule has 4 rings (SSSR count). The highest BCUT2D eigenvalue weighted by molar-refractivity contribution is 8.00. The van der Waals surface area contributed by atoms with E-state index in [-0.39, 0.29) is 30.4 Å². The molecule has 0 bridgehead atoms. The minimum absolute atomic E-state index is 0.0366. The van der Waals surface area contributed by atoms with Crippen molar-refractivity contribution in [2.24, 2.45) is 5.92 Å². The minimum atomic E-state index is -0.997. The van der Waals surface area contributed by atoms with E-state index < -0.39 is 24.0 Å². The van der Waals surface area contributed by atoms with Crippen molar-refractivity contribution in [3.8, 4) is 11.1 Å². The molecule has 3 unspecified atom stereocenters. The van der Waals surface area contributed by atoms with Gasteiger partial charge in [-0.3, -0.25) is 4.79 Å². The number of benzene rings is 2. The van der Waals surface area contributed by atoms with Crippen molar-refractivity contribution in [2.45, 2.75) is 37.6 Å². The first-order valence-electron chi connectivity index (χ1n) is 11.2. The topological polar surface area (TPSA) is 95.9 Å². The highest BCUT2D eigenvalue weighted by atomic mass is 32.2. The summed E-state index contributed by atoms with van der Waals surface area (Å²) in [4.78, 5) is 38.4. The van der Waals surface area contributed by atoms with E-state index in [1.54, 1.807) is 6.92 Å². The second kappa shape index (κ2) is 9.87. The van der Waals surface area contributed by atoms with Crippen molar-refractivity contribution in [3.63, 3.8) is 0 Å². The predicted molar refractivity (Wildman–Crippen MR) is 127 cm³/mol. The molecule has 33 heavy (non-hydrogen) atoms. The molecule has 2 amide bonds. The molecule has 2 aliphatic rings. The summed E-state index contributed by atoms with van der Waals surface area (Å²) in [6.07, 6.45) is 0.0846. The van der Waals surface area contributed by atoms with E-state index in [0.717, 1.165) is 22.3 Å². The van der Waals surface area contributed by atoms with Crippen LogP contribution in [0, 0.1) is 5.92 Å². The lowest BCUT2D eigenvalue weighted by Gasteiger charge is -2.29. The minimum Gasteiger partial charge on any atom is -0.480 e. The van der Waals surface area contributed by atoms with E-state index in [4.69, 9.17) is 4.74 Å². The van der Waals surface area contributed by atoms with Crippen LogP contribution in [0.15, 0.2) is 48.5 Å². The number of thioether (sulfide) groups is 1. The summed E-state index contributed by atoms with van der Waals surface area (Å²) in [5.74, 6) is -1.47. The molecule has 1 aliphatic carbocycles. The highest BCUT2D eigenvalue weighted by Crippen LogP contribution is 2.44. The molecule has 2 N–H and O–H groups in total. The largest absolute Gasteiger partial charge is 0.480 e. The fraction of sp³-hybridized carbons (Fsp3) is 0.400. The number of nitrogens with zero attached hydrogens (tertiary/aromatic N) is 1. The first-order chi connectivity index (χ1) is 15.9. The van der Waals surface area contributed by atoms with E-state index in [1.807, 2.05) is 31.2 Å². The predicted octanol–water partition coefficient (Wildman–Crippen LogP) is 3.93. The van der Waals surface area contributed by atoms with Gasteiger partial charge in [-0.15, -0.1) is 11.8 Å². The molecular formula is C25H28N2O5S. The maximum absolute atomic E-state index is 12.9. The van der Waals surface area contributed by atoms with Crippen molar-refractivity contribution in [2.75, 3.05) is 18.9 Å². The van der Waals surface area contributed by atoms with Crippen molar-refractivity contribution in [1.29, 1.82) is 0 Å². The number of hydrogen-bond donors (Lipinski definition) is 2. The Morgan fingerprint density at radius 1 is 1.12 bits per heavy atom. The smallest absolute Gasteiger partial charge is 0.407 e. The number of amides is 2. The van der Waals surface area contributed by atoms with Crippen molar-refractivity contribution in [1.82, 2.24) is 10.2 Å². The molecule has 0 spiro atoms. The molecule has 3 atom stereocenters. The summed E-state index contributed by atoms with van der Waals surface area (Å²) in [6, 6.07) is 15.4. The van der Waals surface area contributed by atoms with Gasteiger partial charge in [0.15, 0.2) is 0 Å². The molecule has 2 aromatic carbocycles. The maximum Gasteiger partial charge on any atom is 0.407 e. The zero-order valence-corrected chi connectivity index (χ0v) is 19.5. The molecular weight excluding hydrogens is 440 g/mol. The van der Waals surface area contributed by atoms with Gasteiger partial charge in [-0.25, -0.2) is 9.59 Å². The normalized spacial score (nSPS) is 20.1. The van der Waals surface area contributed by atoms with E-state index in [1.165, 1.54) is 16.7 Å². The van der Waals surface area contributed by atoms with Gasteiger partial charge in [0.05, 0.1) is 11.3 Å². The first-order valence-corrected chi connectivity index (χ1v) is 12.2. The van der Waals surface area contributed by atoms with Gasteiger partial charge in [0, 0.05) is 18.2 Å². The molecule has 1 heterocycles. The summed E-state index contributed by atoms with van der Waals surface area (Å²) in [6.45, 7) is 3.91. The number of carbonyl (C=O) groups excluding carboxylic acids is 2. The van der Waals surface area contributed by atoms with Crippen LogP contribution in [0.25, 0.3) is 11.1 Å². The van der Waals surface area contributed by atoms with Crippen LogP contribution in [0.3, 0.4) is 0 Å². The third-order valence-electron chi connectivity index (χ3n) is 6.30. The molecule has 1 aliphatic heterocycles. The number of fused-ring (bicyclic) bond motifs is 3. The van der Waals surface area contributed by atoms with Crippen molar-refractivity contribution < 1.29 is 24.2 Å². The SMILES string of the molecule is CCC1SCC(C(=O)O)N1C(=O)C(C)CNC(=O)OCC1c2ccccc2-c2ccccc21. The second-order valence-electron chi connectivity index (χ2n) is 8.40. The Balaban J connectivity index is 1.34. The summed E-state index contributed by atoms with van der Waals surface area (Å²) in [7, 11) is 0. The van der Waals surface area contributed by atoms with Crippen LogP contribution < -0.4 is 5.32 Å². The summed E-state index contributed by atoms with van der Waals surface area (Å²) in [5.41, 5.74) is 4.57. The number of carboxylic acids is 1. The second-order valence-corrected chi connectivity index (χ2v) is 9.61. The van der Waals surface area contributed by atoms with Crippen LogP contribution in [0.4, 0.5) is 4.79 Å². The molecule has 0 radical (unpaired) electrons. The number of nitrogens with one attached hydrogen (secondary N) is 1. The summed E-state index contributed by atoms with van der Waals surface area (Å²) >= 11 is 1.48. The van der Waals surface area contributed by atoms with Gasteiger partial charge >= 0.3 is 12.1 Å². The van der Waals surface area contributed by atoms with Crippen LogP contribution in [0.2, 0.25) is 0 Å². The van der Waals surface area contributed by atoms with Crippen molar-refractivity contribution in [3.05, 3.63) is 59.7 Å². The Morgan fingerprint density at radius 2 is 1.73 bits per heavy atom. The Kier molecular flexibility index (Phi) is 6.93. The standard InChI is InChI=1S/C25H28N2O5S/c1-3-22-27(21(14-33-22)24(29)30)23(28)15(2)12-26-25(31)32-13-20-18-10-6-4-8-16(18)17-9-5-7-11-19(17)20/h4-11,15,20-22H,3,12-14H2,1-2H3,(H,26,31)(H,29,30). The van der Waals surface area contributed by atoms with E-state index in [9.17, 15) is 19.5 Å². The molecule has 174 valence electrons. The van der Waals surface area contributed by atoms with Gasteiger partial charge in [-0.2, -0.15) is 0 Å². The molecule has 1 fully saturated rings. The van der Waals surface area contributed by atoms with Gasteiger partial charge in [-0.1, -0.05) is 62.4 Å². The van der Waals surface area contributed by atoms with Crippen LogP contribution in [-0.2, 0) is 14.3 Å². The number of rotatable bonds is 7. The third kappa shape index (κ3) is 4.57. The lowest BCUT2D eigenvalue weighted by Crippen LogP contribution is -2.49. The van der Waals surface area contributed by atoms with Crippen molar-refractivity contribution >= 4 is 29.7 Å². The summed E-state index contributed by atoms with van der Waals surface area (Å²) in [5, 5.41) is 12.0. The molecule has 0 aromatic heterocycles. The zero-order valence-electron chi connectivity index (χ0n) is 18.7. The van der Waals surface area contributed by atoms with Gasteiger partial charge < -0.3 is 20.1 Å². The third-order valence-corrected chi connectivity index (χ3v) is 7.75. The average Bonchev–Trinajstić information content (AvgIpc) is 3.40. The van der Waals surface area contributed by atoms with Crippen LogP contribution in [0.1, 0.15) is 37.3 Å². The first kappa shape index (κ1) is 23.2. The highest BCUT2D eigenvalue weighted by Gasteiger charge is 2.42. The van der Waals surface area contributed by atoms with Gasteiger partial charge in [0.2, 0.25) is 5.91 Å². The number of ether oxygens (including phenoxy) is 1. The lowest BCUT2D eigenvalue weighted by atomic mass is 9.98. The fourth-order valence-electron chi connectivity index (χ4n) is 4.59. The molecule has 1 saturated heterocycles. The average molecular weight is 469 g/mol. The molecule has 8 heteroatoms. The number of aliphatic carboxylic acids is 1. The quantitative estimate of drug-likeness (QED) is 0.639. The van der Waals surface area contributed by atoms with Crippen LogP contribution in [0.5, 0.6) is 0 Å². The lowest BCUT2D eigenvalue weighted by molar-refractivity contribution is -0.150. The molecule has 0 saturated carbocycles. The van der Waals surface area contributed by atoms with Crippen LogP contribution >= 0.6 is 11.8 Å². The maximum atomic E-state index is 12.9. The number of carboxylic acid groups (broad SMARTS) is 1. The Hall–Kier alpha value is -3.00. The number of carbonyl (C=O) groups is 3. The van der Waals surface area contributed by atoms with Gasteiger partial charge in [0.25, 0.3) is 0 Å². The monoisotopic (exact) mass is 468 g/mol. The van der Waals surface area contributed by atoms with Gasteiger partial charge in [-0.05, 0) is 28.7 Å². The summed E-state index contributed by atoms with van der Waals surface area (Å²) < 4.78 is 5.52. The molecule has 2 aromatic rings. The Labute approximate surface area is 197 Å². The Bertz CT molecular complexity index is 1010. The van der Waals surface area contributed by atoms with E-state index >= 15 is 0 Å². The fourth-order valence-corrected chi connectivity index (χ4v) is 5.95. The van der Waals surface area contributed by atoms with Gasteiger partial charge in [0.1, 0.15) is 12.6 Å². The van der Waals surface area contributed by atoms with E-state index in [2.05, 4.69) is 29.6 Å². The number of alkyl carbamates (subject to hydrolysis) is 1. The number of hydrogen-bond acceptors (Lipinski definition) is 5. The van der Waals surface area contributed by atoms with Crippen LogP contribution in [-0.4, -0.2) is 58.3 Å².